The maximum atomic E-state index is 12.5. The highest BCUT2D eigenvalue weighted by Crippen LogP contribution is 2.43. The minimum absolute atomic E-state index is 0.114. The Morgan fingerprint density at radius 3 is 2.29 bits per heavy atom. The van der Waals surface area contributed by atoms with Crippen molar-refractivity contribution in [2.45, 2.75) is 78.1 Å². The summed E-state index contributed by atoms with van der Waals surface area (Å²) in [6.07, 6.45) is 9.28. The van der Waals surface area contributed by atoms with Gasteiger partial charge in [-0.25, -0.2) is 0 Å². The third-order valence-electron chi connectivity index (χ3n) is 4.44. The van der Waals surface area contributed by atoms with Crippen LogP contribution in [0.5, 0.6) is 0 Å². The van der Waals surface area contributed by atoms with Crippen LogP contribution in [-0.4, -0.2) is 23.5 Å². The Hall–Kier alpha value is -1.06. The molecule has 0 radical (unpaired) electrons. The van der Waals surface area contributed by atoms with E-state index in [9.17, 15) is 9.59 Å². The van der Waals surface area contributed by atoms with Crippen LogP contribution >= 0.6 is 0 Å². The van der Waals surface area contributed by atoms with Crippen molar-refractivity contribution >= 4 is 11.9 Å². The molecule has 0 aromatic heterocycles. The molecule has 4 heteroatoms. The molecule has 122 valence electrons. The predicted octanol–water partition coefficient (Wildman–Crippen LogP) is 3.74. The van der Waals surface area contributed by atoms with Gasteiger partial charge in [-0.3, -0.25) is 9.59 Å². The molecule has 0 aromatic rings. The second-order valence-electron chi connectivity index (χ2n) is 6.90. The van der Waals surface area contributed by atoms with E-state index in [-0.39, 0.29) is 17.7 Å². The number of unbranched alkanes of at least 4 members (excludes halogenated alkanes) is 3. The molecule has 1 amide bonds. The van der Waals surface area contributed by atoms with Crippen LogP contribution in [0.15, 0.2) is 0 Å². The number of carboxylic acids is 1. The zero-order valence-electron chi connectivity index (χ0n) is 13.6. The van der Waals surface area contributed by atoms with Crippen LogP contribution in [0.4, 0.5) is 0 Å². The molecule has 1 fully saturated rings. The minimum atomic E-state index is -0.722. The molecule has 0 bridgehead atoms. The van der Waals surface area contributed by atoms with E-state index < -0.39 is 5.97 Å². The second-order valence-corrected chi connectivity index (χ2v) is 6.90. The van der Waals surface area contributed by atoms with Gasteiger partial charge in [0.1, 0.15) is 0 Å². The molecular weight excluding hydrogens is 266 g/mol. The van der Waals surface area contributed by atoms with Gasteiger partial charge in [-0.15, -0.1) is 0 Å². The number of rotatable bonds is 10. The maximum Gasteiger partial charge on any atom is 0.303 e. The highest BCUT2D eigenvalue weighted by molar-refractivity contribution is 5.82. The summed E-state index contributed by atoms with van der Waals surface area (Å²) < 4.78 is 0. The molecule has 0 spiro atoms. The first kappa shape index (κ1) is 18.0. The summed E-state index contributed by atoms with van der Waals surface area (Å²) in [7, 11) is 0. The summed E-state index contributed by atoms with van der Waals surface area (Å²) in [5, 5.41) is 11.7. The Balaban J connectivity index is 2.21. The Bertz CT molecular complexity index is 333. The Morgan fingerprint density at radius 1 is 1.10 bits per heavy atom. The van der Waals surface area contributed by atoms with Crippen molar-refractivity contribution in [1.82, 2.24) is 5.32 Å². The van der Waals surface area contributed by atoms with E-state index in [1.54, 1.807) is 0 Å². The van der Waals surface area contributed by atoms with Crippen molar-refractivity contribution in [3.8, 4) is 0 Å². The lowest BCUT2D eigenvalue weighted by molar-refractivity contribution is -0.137. The first-order valence-electron chi connectivity index (χ1n) is 8.46. The van der Waals surface area contributed by atoms with Gasteiger partial charge in [0, 0.05) is 18.4 Å². The van der Waals surface area contributed by atoms with Crippen molar-refractivity contribution < 1.29 is 14.7 Å². The van der Waals surface area contributed by atoms with Crippen molar-refractivity contribution in [2.75, 3.05) is 6.54 Å². The van der Waals surface area contributed by atoms with Crippen LogP contribution in [0.3, 0.4) is 0 Å². The molecule has 1 aliphatic rings. The van der Waals surface area contributed by atoms with Gasteiger partial charge in [-0.05, 0) is 38.0 Å². The number of amides is 1. The molecule has 1 saturated carbocycles. The number of hydrogen-bond acceptors (Lipinski definition) is 2. The first-order valence-corrected chi connectivity index (χ1v) is 8.46. The molecule has 1 aliphatic carbocycles. The average molecular weight is 297 g/mol. The van der Waals surface area contributed by atoms with Crippen LogP contribution in [0.25, 0.3) is 0 Å². The summed E-state index contributed by atoms with van der Waals surface area (Å²) >= 11 is 0. The van der Waals surface area contributed by atoms with Crippen LogP contribution in [0.1, 0.15) is 78.1 Å². The number of carbonyl (C=O) groups is 2. The van der Waals surface area contributed by atoms with E-state index in [1.807, 2.05) is 0 Å². The molecular formula is C17H31NO3. The fraction of sp³-hybridized carbons (Fsp3) is 0.882. The minimum Gasteiger partial charge on any atom is -0.481 e. The lowest BCUT2D eigenvalue weighted by Gasteiger charge is -2.29. The first-order chi connectivity index (χ1) is 9.96. The summed E-state index contributed by atoms with van der Waals surface area (Å²) in [5.74, 6) is 0.0873. The van der Waals surface area contributed by atoms with Gasteiger partial charge < -0.3 is 10.4 Å². The van der Waals surface area contributed by atoms with E-state index in [1.165, 1.54) is 12.8 Å². The molecule has 21 heavy (non-hydrogen) atoms. The van der Waals surface area contributed by atoms with Gasteiger partial charge >= 0.3 is 5.97 Å². The zero-order valence-corrected chi connectivity index (χ0v) is 13.6. The van der Waals surface area contributed by atoms with E-state index in [0.29, 0.717) is 5.92 Å². The second kappa shape index (κ2) is 9.06. The lowest BCUT2D eigenvalue weighted by atomic mass is 9.77. The van der Waals surface area contributed by atoms with Gasteiger partial charge in [0.15, 0.2) is 0 Å². The fourth-order valence-electron chi connectivity index (χ4n) is 3.50. The molecule has 1 rings (SSSR count). The SMILES string of the molecule is CC(C)CC1(C(=O)NCCCCCCC(=O)O)CCCC1. The molecule has 0 unspecified atom stereocenters. The quantitative estimate of drug-likeness (QED) is 0.604. The van der Waals surface area contributed by atoms with Crippen molar-refractivity contribution in [2.24, 2.45) is 11.3 Å². The molecule has 0 aliphatic heterocycles. The highest BCUT2D eigenvalue weighted by atomic mass is 16.4. The van der Waals surface area contributed by atoms with E-state index in [2.05, 4.69) is 19.2 Å². The molecule has 0 saturated heterocycles. The highest BCUT2D eigenvalue weighted by Gasteiger charge is 2.40. The van der Waals surface area contributed by atoms with Crippen LogP contribution in [0.2, 0.25) is 0 Å². The Labute approximate surface area is 128 Å². The van der Waals surface area contributed by atoms with Gasteiger partial charge in [-0.1, -0.05) is 39.5 Å². The van der Waals surface area contributed by atoms with Gasteiger partial charge in [0.05, 0.1) is 0 Å². The van der Waals surface area contributed by atoms with Crippen LogP contribution in [-0.2, 0) is 9.59 Å². The monoisotopic (exact) mass is 297 g/mol. The van der Waals surface area contributed by atoms with E-state index in [4.69, 9.17) is 5.11 Å². The normalized spacial score (nSPS) is 17.1. The molecule has 0 aromatic carbocycles. The van der Waals surface area contributed by atoms with Crippen molar-refractivity contribution in [3.63, 3.8) is 0 Å². The molecule has 2 N–H and O–H groups in total. The van der Waals surface area contributed by atoms with E-state index in [0.717, 1.165) is 51.5 Å². The largest absolute Gasteiger partial charge is 0.481 e. The Kier molecular flexibility index (Phi) is 7.76. The Morgan fingerprint density at radius 2 is 1.71 bits per heavy atom. The summed E-state index contributed by atoms with van der Waals surface area (Å²) in [5.41, 5.74) is -0.114. The summed E-state index contributed by atoms with van der Waals surface area (Å²) in [6, 6.07) is 0. The third-order valence-corrected chi connectivity index (χ3v) is 4.44. The van der Waals surface area contributed by atoms with Crippen LogP contribution in [0, 0.1) is 11.3 Å². The number of hydrogen-bond donors (Lipinski definition) is 2. The molecule has 0 heterocycles. The lowest BCUT2D eigenvalue weighted by Crippen LogP contribution is -2.40. The van der Waals surface area contributed by atoms with Crippen molar-refractivity contribution in [1.29, 1.82) is 0 Å². The third kappa shape index (κ3) is 6.49. The summed E-state index contributed by atoms with van der Waals surface area (Å²) in [6.45, 7) is 5.11. The number of nitrogens with one attached hydrogen (secondary N) is 1. The molecule has 0 atom stereocenters. The van der Waals surface area contributed by atoms with Crippen LogP contribution < -0.4 is 5.32 Å². The maximum absolute atomic E-state index is 12.5. The number of aliphatic carboxylic acids is 1. The van der Waals surface area contributed by atoms with Crippen molar-refractivity contribution in [3.05, 3.63) is 0 Å². The van der Waals surface area contributed by atoms with Gasteiger partial charge in [0.2, 0.25) is 5.91 Å². The number of carboxylic acid groups (broad SMARTS) is 1. The number of carbonyl (C=O) groups excluding carboxylic acids is 1. The summed E-state index contributed by atoms with van der Waals surface area (Å²) in [4.78, 5) is 22.9. The zero-order chi connectivity index (χ0) is 15.7. The standard InChI is InChI=1S/C17H31NO3/c1-14(2)13-17(10-6-7-11-17)16(21)18-12-8-4-3-5-9-15(19)20/h14H,3-13H2,1-2H3,(H,18,21)(H,19,20). The van der Waals surface area contributed by atoms with Gasteiger partial charge in [-0.2, -0.15) is 0 Å². The average Bonchev–Trinajstić information content (AvgIpc) is 2.86. The molecule has 4 nitrogen and oxygen atoms in total. The predicted molar refractivity (Wildman–Crippen MR) is 84.1 cm³/mol. The smallest absolute Gasteiger partial charge is 0.303 e. The topological polar surface area (TPSA) is 66.4 Å². The fourth-order valence-corrected chi connectivity index (χ4v) is 3.50. The van der Waals surface area contributed by atoms with E-state index >= 15 is 0 Å². The van der Waals surface area contributed by atoms with Gasteiger partial charge in [0.25, 0.3) is 0 Å².